The van der Waals surface area contributed by atoms with E-state index in [0.29, 0.717) is 36.5 Å². The summed E-state index contributed by atoms with van der Waals surface area (Å²) in [6, 6.07) is 6.76. The highest BCUT2D eigenvalue weighted by Gasteiger charge is 2.55. The number of benzene rings is 1. The summed E-state index contributed by atoms with van der Waals surface area (Å²) in [4.78, 5) is 27.7. The third-order valence-corrected chi connectivity index (χ3v) is 5.62. The monoisotopic (exact) mass is 384 g/mol. The number of amides is 1. The number of halogens is 2. The van der Waals surface area contributed by atoms with Gasteiger partial charge in [-0.1, -0.05) is 12.1 Å². The summed E-state index contributed by atoms with van der Waals surface area (Å²) in [6.45, 7) is 0.478. The molecule has 2 aliphatic heterocycles. The number of nitrogens with one attached hydrogen (secondary N) is 1. The van der Waals surface area contributed by atoms with Gasteiger partial charge in [-0.05, 0) is 31.0 Å². The molecule has 28 heavy (non-hydrogen) atoms. The fourth-order valence-corrected chi connectivity index (χ4v) is 4.29. The van der Waals surface area contributed by atoms with Crippen LogP contribution in [0.3, 0.4) is 0 Å². The van der Waals surface area contributed by atoms with Crippen molar-refractivity contribution in [2.45, 2.75) is 31.0 Å². The van der Waals surface area contributed by atoms with E-state index in [9.17, 15) is 13.6 Å². The molecule has 3 N–H and O–H groups in total. The smallest absolute Gasteiger partial charge is 0.350 e. The lowest BCUT2D eigenvalue weighted by atomic mass is 10.1. The minimum Gasteiger partial charge on any atom is -0.399 e. The Morgan fingerprint density at radius 3 is 2.75 bits per heavy atom. The first kappa shape index (κ1) is 16.9. The molecule has 1 unspecified atom stereocenters. The third-order valence-electron chi connectivity index (χ3n) is 5.62. The van der Waals surface area contributed by atoms with Gasteiger partial charge < -0.3 is 20.5 Å². The van der Waals surface area contributed by atoms with Gasteiger partial charge >= 0.3 is 5.92 Å². The van der Waals surface area contributed by atoms with Crippen LogP contribution in [0.25, 0.3) is 11.0 Å². The van der Waals surface area contributed by atoms with E-state index in [4.69, 9.17) is 5.73 Å². The second-order valence-corrected chi connectivity index (χ2v) is 7.21. The Morgan fingerprint density at radius 2 is 1.96 bits per heavy atom. The molecule has 1 aromatic carbocycles. The average Bonchev–Trinajstić information content (AvgIpc) is 3.41. The predicted molar refractivity (Wildman–Crippen MR) is 99.6 cm³/mol. The summed E-state index contributed by atoms with van der Waals surface area (Å²) in [6.07, 6.45) is 4.09. The number of aromatic amines is 1. The van der Waals surface area contributed by atoms with Gasteiger partial charge in [-0.15, -0.1) is 0 Å². The summed E-state index contributed by atoms with van der Waals surface area (Å²) in [7, 11) is 0. The van der Waals surface area contributed by atoms with Crippen LogP contribution in [0.2, 0.25) is 0 Å². The number of anilines is 2. The Balaban J connectivity index is 1.48. The zero-order valence-electron chi connectivity index (χ0n) is 14.8. The number of H-pyrrole nitrogens is 1. The molecule has 2 atom stereocenters. The van der Waals surface area contributed by atoms with E-state index in [1.165, 1.54) is 35.5 Å². The lowest BCUT2D eigenvalue weighted by Crippen LogP contribution is -2.46. The zero-order chi connectivity index (χ0) is 19.5. The molecule has 2 aliphatic rings. The fourth-order valence-electron chi connectivity index (χ4n) is 4.29. The maximum absolute atomic E-state index is 15.0. The van der Waals surface area contributed by atoms with Crippen LogP contribution in [0.1, 0.15) is 18.4 Å². The molecule has 7 nitrogen and oxygen atoms in total. The number of carbonyl (C=O) groups excluding carboxylic acids is 1. The van der Waals surface area contributed by atoms with Crippen molar-refractivity contribution in [1.29, 1.82) is 0 Å². The number of nitrogens with two attached hydrogens (primary N) is 1. The van der Waals surface area contributed by atoms with Crippen molar-refractivity contribution in [2.75, 3.05) is 17.2 Å². The number of nitrogen functional groups attached to an aromatic ring is 1. The number of alkyl halides is 2. The minimum atomic E-state index is -3.61. The molecule has 0 radical (unpaired) electrons. The van der Waals surface area contributed by atoms with Crippen LogP contribution in [0.5, 0.6) is 0 Å². The highest BCUT2D eigenvalue weighted by molar-refractivity contribution is 5.90. The molecule has 2 bridgehead atoms. The zero-order valence-corrected chi connectivity index (χ0v) is 14.8. The normalized spacial score (nSPS) is 21.6. The summed E-state index contributed by atoms with van der Waals surface area (Å²) >= 11 is 0. The minimum absolute atomic E-state index is 0.263. The molecule has 3 aromatic rings. The number of nitrogens with zero attached hydrogens (tertiary/aromatic N) is 4. The van der Waals surface area contributed by atoms with Crippen LogP contribution < -0.4 is 10.6 Å². The summed E-state index contributed by atoms with van der Waals surface area (Å²) in [5, 5.41) is 0.813. The Kier molecular flexibility index (Phi) is 3.55. The number of aromatic nitrogens is 3. The van der Waals surface area contributed by atoms with Crippen LogP contribution in [0, 0.1) is 0 Å². The van der Waals surface area contributed by atoms with E-state index in [1.54, 1.807) is 6.20 Å². The van der Waals surface area contributed by atoms with Crippen molar-refractivity contribution in [1.82, 2.24) is 19.9 Å². The van der Waals surface area contributed by atoms with Crippen molar-refractivity contribution in [3.8, 4) is 0 Å². The van der Waals surface area contributed by atoms with Crippen molar-refractivity contribution in [3.63, 3.8) is 0 Å². The van der Waals surface area contributed by atoms with Gasteiger partial charge in [-0.2, -0.15) is 8.78 Å². The Bertz CT molecular complexity index is 1050. The molecule has 9 heteroatoms. The Hall–Kier alpha value is -3.23. The first-order chi connectivity index (χ1) is 13.5. The van der Waals surface area contributed by atoms with E-state index >= 15 is 0 Å². The van der Waals surface area contributed by atoms with Crippen molar-refractivity contribution < 1.29 is 13.6 Å². The van der Waals surface area contributed by atoms with E-state index < -0.39 is 18.0 Å². The molecule has 0 saturated carbocycles. The summed E-state index contributed by atoms with van der Waals surface area (Å²) < 4.78 is 29.9. The molecular formula is C19H18F2N6O. The number of piperidine rings is 1. The average molecular weight is 384 g/mol. The van der Waals surface area contributed by atoms with Gasteiger partial charge in [0, 0.05) is 24.0 Å². The van der Waals surface area contributed by atoms with Crippen molar-refractivity contribution in [2.24, 2.45) is 0 Å². The van der Waals surface area contributed by atoms with Gasteiger partial charge in [0.15, 0.2) is 0 Å². The van der Waals surface area contributed by atoms with Crippen LogP contribution in [-0.2, 0) is 10.7 Å². The highest BCUT2D eigenvalue weighted by atomic mass is 19.3. The molecular weight excluding hydrogens is 366 g/mol. The van der Waals surface area contributed by atoms with E-state index in [0.717, 1.165) is 5.39 Å². The molecule has 1 amide bonds. The molecule has 5 rings (SSSR count). The molecule has 2 saturated heterocycles. The highest BCUT2D eigenvalue weighted by Crippen LogP contribution is 2.42. The lowest BCUT2D eigenvalue weighted by molar-refractivity contribution is -0.160. The number of rotatable bonds is 3. The number of hydrogen-bond acceptors (Lipinski definition) is 5. The number of hydrogen-bond donors (Lipinski definition) is 2. The van der Waals surface area contributed by atoms with Crippen molar-refractivity contribution in [3.05, 3.63) is 48.4 Å². The standard InChI is InChI=1S/C19H18F2N6O/c20-19(21,11-1-3-12(22)4-2-11)18(28)27-13-5-6-15(27)26(9-13)17-14-7-8-23-16(14)24-10-25-17/h1-4,7-8,10,13,15H,5-6,9,22H2,(H,23,24,25)/t13-,15?/m0/s1. The first-order valence-corrected chi connectivity index (χ1v) is 9.08. The van der Waals surface area contributed by atoms with Crippen LogP contribution in [0.4, 0.5) is 20.3 Å². The van der Waals surface area contributed by atoms with E-state index in [-0.39, 0.29) is 11.6 Å². The van der Waals surface area contributed by atoms with Gasteiger partial charge in [0.25, 0.3) is 5.91 Å². The molecule has 2 aromatic heterocycles. The van der Waals surface area contributed by atoms with E-state index in [1.807, 2.05) is 11.0 Å². The lowest BCUT2D eigenvalue weighted by Gasteiger charge is -2.30. The maximum atomic E-state index is 15.0. The summed E-state index contributed by atoms with van der Waals surface area (Å²) in [5.74, 6) is -4.13. The third kappa shape index (κ3) is 2.35. The fraction of sp³-hybridized carbons (Fsp3) is 0.316. The van der Waals surface area contributed by atoms with Gasteiger partial charge in [0.05, 0.1) is 11.4 Å². The Morgan fingerprint density at radius 1 is 1.18 bits per heavy atom. The van der Waals surface area contributed by atoms with Crippen LogP contribution in [-0.4, -0.2) is 44.5 Å². The van der Waals surface area contributed by atoms with E-state index in [2.05, 4.69) is 15.0 Å². The molecule has 4 heterocycles. The molecule has 0 spiro atoms. The van der Waals surface area contributed by atoms with Crippen LogP contribution >= 0.6 is 0 Å². The Labute approximate surface area is 159 Å². The molecule has 2 fully saturated rings. The predicted octanol–water partition coefficient (Wildman–Crippen LogP) is 2.47. The second-order valence-electron chi connectivity index (χ2n) is 7.21. The van der Waals surface area contributed by atoms with Gasteiger partial charge in [-0.25, -0.2) is 9.97 Å². The second kappa shape index (κ2) is 5.88. The van der Waals surface area contributed by atoms with Gasteiger partial charge in [-0.3, -0.25) is 4.79 Å². The maximum Gasteiger partial charge on any atom is 0.350 e. The summed E-state index contributed by atoms with van der Waals surface area (Å²) in [5.41, 5.74) is 6.28. The number of fused-ring (bicyclic) bond motifs is 3. The number of carbonyl (C=O) groups is 1. The van der Waals surface area contributed by atoms with Crippen molar-refractivity contribution >= 4 is 28.4 Å². The first-order valence-electron chi connectivity index (χ1n) is 9.08. The molecule has 0 aliphatic carbocycles. The quantitative estimate of drug-likeness (QED) is 0.677. The van der Waals surface area contributed by atoms with Gasteiger partial charge in [0.1, 0.15) is 24.0 Å². The molecule has 144 valence electrons. The topological polar surface area (TPSA) is 91.1 Å². The van der Waals surface area contributed by atoms with Gasteiger partial charge in [0.2, 0.25) is 0 Å². The van der Waals surface area contributed by atoms with Crippen LogP contribution in [0.15, 0.2) is 42.9 Å². The largest absolute Gasteiger partial charge is 0.399 e. The SMILES string of the molecule is Nc1ccc(C(F)(F)C(=O)N2C3CC[C@H]2CN3c2ncnc3[nH]ccc23)cc1.